The van der Waals surface area contributed by atoms with Crippen molar-refractivity contribution in [3.63, 3.8) is 0 Å². The Labute approximate surface area is 125 Å². The molecule has 0 amide bonds. The van der Waals surface area contributed by atoms with Crippen molar-refractivity contribution in [2.45, 2.75) is 43.5 Å². The third-order valence-corrected chi connectivity index (χ3v) is 4.21. The predicted molar refractivity (Wildman–Crippen MR) is 83.7 cm³/mol. The third-order valence-electron chi connectivity index (χ3n) is 2.90. The van der Waals surface area contributed by atoms with E-state index in [9.17, 15) is 5.26 Å². The highest BCUT2D eigenvalue weighted by Gasteiger charge is 2.21. The summed E-state index contributed by atoms with van der Waals surface area (Å²) < 4.78 is 0. The highest BCUT2D eigenvalue weighted by atomic mass is 35.5. The van der Waals surface area contributed by atoms with Crippen LogP contribution in [0.15, 0.2) is 29.2 Å². The molecule has 0 spiro atoms. The molecular formula is C15H21ClN2S. The number of rotatable bonds is 8. The van der Waals surface area contributed by atoms with Gasteiger partial charge < -0.3 is 0 Å². The Morgan fingerprint density at radius 1 is 1.47 bits per heavy atom. The van der Waals surface area contributed by atoms with Crippen molar-refractivity contribution >= 4 is 23.4 Å². The maximum atomic E-state index is 9.23. The molecule has 0 fully saturated rings. The van der Waals surface area contributed by atoms with E-state index in [4.69, 9.17) is 11.6 Å². The van der Waals surface area contributed by atoms with Gasteiger partial charge in [-0.05, 0) is 56.7 Å². The Morgan fingerprint density at radius 2 is 2.26 bits per heavy atom. The van der Waals surface area contributed by atoms with E-state index in [1.165, 1.54) is 4.90 Å². The van der Waals surface area contributed by atoms with Gasteiger partial charge in [0, 0.05) is 9.92 Å². The van der Waals surface area contributed by atoms with Crippen molar-refractivity contribution in [1.82, 2.24) is 5.32 Å². The number of hydrogen-bond acceptors (Lipinski definition) is 3. The van der Waals surface area contributed by atoms with Crippen molar-refractivity contribution in [3.05, 3.63) is 29.3 Å². The van der Waals surface area contributed by atoms with Crippen LogP contribution in [0.25, 0.3) is 0 Å². The largest absolute Gasteiger partial charge is 0.300 e. The first kappa shape index (κ1) is 16.4. The summed E-state index contributed by atoms with van der Waals surface area (Å²) in [5.74, 6) is 1.01. The Kier molecular flexibility index (Phi) is 7.30. The second-order valence-corrected chi connectivity index (χ2v) is 6.38. The van der Waals surface area contributed by atoms with E-state index in [2.05, 4.69) is 24.4 Å². The van der Waals surface area contributed by atoms with Crippen LogP contribution in [-0.2, 0) is 0 Å². The minimum Gasteiger partial charge on any atom is -0.300 e. The van der Waals surface area contributed by atoms with Gasteiger partial charge in [-0.1, -0.05) is 24.6 Å². The van der Waals surface area contributed by atoms with E-state index < -0.39 is 5.54 Å². The SMILES string of the molecule is CCCNC(C)(C#N)CCCSc1cccc(Cl)c1. The maximum absolute atomic E-state index is 9.23. The van der Waals surface area contributed by atoms with Crippen LogP contribution in [0.3, 0.4) is 0 Å². The predicted octanol–water partition coefficient (Wildman–Crippen LogP) is 4.49. The van der Waals surface area contributed by atoms with Crippen LogP contribution in [0.2, 0.25) is 5.02 Å². The van der Waals surface area contributed by atoms with Crippen LogP contribution in [-0.4, -0.2) is 17.8 Å². The zero-order valence-electron chi connectivity index (χ0n) is 11.6. The van der Waals surface area contributed by atoms with Gasteiger partial charge in [0.1, 0.15) is 5.54 Å². The summed E-state index contributed by atoms with van der Waals surface area (Å²) in [7, 11) is 0. The molecule has 0 aromatic heterocycles. The smallest absolute Gasteiger partial charge is 0.103 e. The maximum Gasteiger partial charge on any atom is 0.103 e. The van der Waals surface area contributed by atoms with Crippen molar-refractivity contribution in [3.8, 4) is 6.07 Å². The average molecular weight is 297 g/mol. The second kappa shape index (κ2) is 8.47. The number of hydrogen-bond donors (Lipinski definition) is 1. The summed E-state index contributed by atoms with van der Waals surface area (Å²) in [6.45, 7) is 4.98. The van der Waals surface area contributed by atoms with E-state index in [0.717, 1.165) is 36.6 Å². The van der Waals surface area contributed by atoms with Crippen molar-refractivity contribution in [1.29, 1.82) is 5.26 Å². The van der Waals surface area contributed by atoms with E-state index >= 15 is 0 Å². The molecule has 0 radical (unpaired) electrons. The average Bonchev–Trinajstić information content (AvgIpc) is 2.42. The summed E-state index contributed by atoms with van der Waals surface area (Å²) in [5, 5.41) is 13.3. The molecule has 19 heavy (non-hydrogen) atoms. The normalized spacial score (nSPS) is 13.8. The van der Waals surface area contributed by atoms with Crippen molar-refractivity contribution in [2.24, 2.45) is 0 Å². The molecule has 0 saturated carbocycles. The van der Waals surface area contributed by atoms with Crippen LogP contribution in [0.1, 0.15) is 33.1 Å². The van der Waals surface area contributed by atoms with Gasteiger partial charge in [-0.25, -0.2) is 0 Å². The molecule has 0 aliphatic carbocycles. The molecule has 104 valence electrons. The molecular weight excluding hydrogens is 276 g/mol. The molecule has 1 atom stereocenters. The van der Waals surface area contributed by atoms with Gasteiger partial charge in [0.15, 0.2) is 0 Å². The van der Waals surface area contributed by atoms with E-state index in [0.29, 0.717) is 0 Å². The Bertz CT molecular complexity index is 430. The fourth-order valence-corrected chi connectivity index (χ4v) is 2.92. The first-order chi connectivity index (χ1) is 9.09. The topological polar surface area (TPSA) is 35.8 Å². The number of benzene rings is 1. The molecule has 1 rings (SSSR count). The fourth-order valence-electron chi connectivity index (χ4n) is 1.76. The van der Waals surface area contributed by atoms with Crippen LogP contribution in [0.4, 0.5) is 0 Å². The molecule has 0 aliphatic rings. The second-order valence-electron chi connectivity index (χ2n) is 4.78. The van der Waals surface area contributed by atoms with Crippen molar-refractivity contribution < 1.29 is 0 Å². The number of halogens is 1. The third kappa shape index (κ3) is 6.33. The summed E-state index contributed by atoms with van der Waals surface area (Å²) in [4.78, 5) is 1.19. The lowest BCUT2D eigenvalue weighted by molar-refractivity contribution is 0.415. The van der Waals surface area contributed by atoms with Crippen LogP contribution in [0.5, 0.6) is 0 Å². The quantitative estimate of drug-likeness (QED) is 0.567. The van der Waals surface area contributed by atoms with Crippen LogP contribution >= 0.6 is 23.4 Å². The first-order valence-corrected chi connectivity index (χ1v) is 8.00. The van der Waals surface area contributed by atoms with Crippen molar-refractivity contribution in [2.75, 3.05) is 12.3 Å². The monoisotopic (exact) mass is 296 g/mol. The lowest BCUT2D eigenvalue weighted by Crippen LogP contribution is -2.41. The van der Waals surface area contributed by atoms with Crippen LogP contribution < -0.4 is 5.32 Å². The molecule has 1 aromatic carbocycles. The summed E-state index contributed by atoms with van der Waals surface area (Å²) in [6.07, 6.45) is 2.93. The van der Waals surface area contributed by atoms with Gasteiger partial charge in [-0.15, -0.1) is 11.8 Å². The van der Waals surface area contributed by atoms with Crippen LogP contribution in [0, 0.1) is 11.3 Å². The minimum absolute atomic E-state index is 0.398. The zero-order chi connectivity index (χ0) is 14.1. The number of nitrogens with one attached hydrogen (secondary N) is 1. The van der Waals surface area contributed by atoms with Gasteiger partial charge in [0.2, 0.25) is 0 Å². The summed E-state index contributed by atoms with van der Waals surface area (Å²) in [6, 6.07) is 10.3. The first-order valence-electron chi connectivity index (χ1n) is 6.64. The molecule has 1 unspecified atom stereocenters. The lowest BCUT2D eigenvalue weighted by atomic mass is 9.98. The molecule has 1 aromatic rings. The Morgan fingerprint density at radius 3 is 2.89 bits per heavy atom. The van der Waals surface area contributed by atoms with Gasteiger partial charge in [-0.3, -0.25) is 5.32 Å². The zero-order valence-corrected chi connectivity index (χ0v) is 13.2. The summed E-state index contributed by atoms with van der Waals surface area (Å²) >= 11 is 7.73. The van der Waals surface area contributed by atoms with E-state index in [1.54, 1.807) is 11.8 Å². The van der Waals surface area contributed by atoms with Gasteiger partial charge in [0.05, 0.1) is 6.07 Å². The Balaban J connectivity index is 2.31. The molecule has 2 nitrogen and oxygen atoms in total. The fraction of sp³-hybridized carbons (Fsp3) is 0.533. The van der Waals surface area contributed by atoms with E-state index in [1.807, 2.05) is 25.1 Å². The van der Waals surface area contributed by atoms with Gasteiger partial charge in [-0.2, -0.15) is 5.26 Å². The highest BCUT2D eigenvalue weighted by molar-refractivity contribution is 7.99. The molecule has 0 saturated heterocycles. The number of nitriles is 1. The Hall–Kier alpha value is -0.690. The van der Waals surface area contributed by atoms with Gasteiger partial charge >= 0.3 is 0 Å². The van der Waals surface area contributed by atoms with Gasteiger partial charge in [0.25, 0.3) is 0 Å². The number of thioether (sulfide) groups is 1. The number of nitrogens with zero attached hydrogens (tertiary/aromatic N) is 1. The highest BCUT2D eigenvalue weighted by Crippen LogP contribution is 2.23. The molecule has 4 heteroatoms. The molecule has 0 heterocycles. The molecule has 0 aliphatic heterocycles. The standard InChI is InChI=1S/C15H21ClN2S/c1-3-9-18-15(2,12-17)8-5-10-19-14-7-4-6-13(16)11-14/h4,6-7,11,18H,3,5,8-10H2,1-2H3. The lowest BCUT2D eigenvalue weighted by Gasteiger charge is -2.22. The molecule has 0 bridgehead atoms. The summed E-state index contributed by atoms with van der Waals surface area (Å²) in [5.41, 5.74) is -0.398. The van der Waals surface area contributed by atoms with E-state index in [-0.39, 0.29) is 0 Å². The minimum atomic E-state index is -0.398. The molecule has 1 N–H and O–H groups in total.